The molecule has 2 N–H and O–H groups in total. The van der Waals surface area contributed by atoms with Crippen LogP contribution in [0.25, 0.3) is 0 Å². The van der Waals surface area contributed by atoms with E-state index in [0.29, 0.717) is 6.04 Å². The SMILES string of the molecule is CC(CC1CCCCN1)NC1CCSC1. The third-order valence-corrected chi connectivity index (χ3v) is 4.66. The normalized spacial score (nSPS) is 34.2. The van der Waals surface area contributed by atoms with Crippen molar-refractivity contribution < 1.29 is 0 Å². The molecule has 3 atom stereocenters. The van der Waals surface area contributed by atoms with Crippen LogP contribution in [0.1, 0.15) is 39.0 Å². The van der Waals surface area contributed by atoms with Gasteiger partial charge in [0.15, 0.2) is 0 Å². The van der Waals surface area contributed by atoms with Gasteiger partial charge in [-0.05, 0) is 44.9 Å². The van der Waals surface area contributed by atoms with E-state index in [4.69, 9.17) is 0 Å². The number of hydrogen-bond acceptors (Lipinski definition) is 3. The number of thioether (sulfide) groups is 1. The molecule has 0 aliphatic carbocycles. The summed E-state index contributed by atoms with van der Waals surface area (Å²) < 4.78 is 0. The molecule has 3 unspecified atom stereocenters. The van der Waals surface area contributed by atoms with E-state index in [2.05, 4.69) is 29.3 Å². The predicted octanol–water partition coefficient (Wildman–Crippen LogP) is 2.00. The highest BCUT2D eigenvalue weighted by Crippen LogP contribution is 2.19. The van der Waals surface area contributed by atoms with E-state index in [-0.39, 0.29) is 0 Å². The first-order chi connectivity index (χ1) is 7.34. The second kappa shape index (κ2) is 6.12. The zero-order valence-corrected chi connectivity index (χ0v) is 10.6. The van der Waals surface area contributed by atoms with Crippen LogP contribution >= 0.6 is 11.8 Å². The highest BCUT2D eigenvalue weighted by molar-refractivity contribution is 7.99. The van der Waals surface area contributed by atoms with Crippen LogP contribution < -0.4 is 10.6 Å². The molecule has 2 heterocycles. The largest absolute Gasteiger partial charge is 0.314 e. The minimum absolute atomic E-state index is 0.685. The summed E-state index contributed by atoms with van der Waals surface area (Å²) in [5, 5.41) is 7.39. The summed E-state index contributed by atoms with van der Waals surface area (Å²) in [7, 11) is 0. The first kappa shape index (κ1) is 11.7. The lowest BCUT2D eigenvalue weighted by Gasteiger charge is -2.28. The van der Waals surface area contributed by atoms with Gasteiger partial charge in [-0.15, -0.1) is 0 Å². The predicted molar refractivity (Wildman–Crippen MR) is 68.6 cm³/mol. The molecule has 2 rings (SSSR count). The van der Waals surface area contributed by atoms with Crippen molar-refractivity contribution in [3.63, 3.8) is 0 Å². The average molecular weight is 228 g/mol. The van der Waals surface area contributed by atoms with Crippen molar-refractivity contribution in [2.45, 2.75) is 57.2 Å². The maximum Gasteiger partial charge on any atom is 0.0168 e. The molecular weight excluding hydrogens is 204 g/mol. The lowest BCUT2D eigenvalue weighted by atomic mass is 9.98. The lowest BCUT2D eigenvalue weighted by Crippen LogP contribution is -2.43. The zero-order valence-electron chi connectivity index (χ0n) is 9.80. The molecule has 0 aromatic heterocycles. The van der Waals surface area contributed by atoms with Gasteiger partial charge in [0.25, 0.3) is 0 Å². The fraction of sp³-hybridized carbons (Fsp3) is 1.00. The van der Waals surface area contributed by atoms with Gasteiger partial charge in [0, 0.05) is 23.9 Å². The summed E-state index contributed by atoms with van der Waals surface area (Å²) in [6.07, 6.45) is 6.85. The van der Waals surface area contributed by atoms with E-state index in [1.807, 2.05) is 0 Å². The van der Waals surface area contributed by atoms with Gasteiger partial charge < -0.3 is 10.6 Å². The Morgan fingerprint density at radius 2 is 2.33 bits per heavy atom. The van der Waals surface area contributed by atoms with Gasteiger partial charge in [-0.2, -0.15) is 11.8 Å². The Bertz CT molecular complexity index is 174. The van der Waals surface area contributed by atoms with Crippen molar-refractivity contribution in [1.82, 2.24) is 10.6 Å². The zero-order chi connectivity index (χ0) is 10.5. The fourth-order valence-electron chi connectivity index (χ4n) is 2.69. The molecule has 15 heavy (non-hydrogen) atoms. The highest BCUT2D eigenvalue weighted by atomic mass is 32.2. The molecule has 3 heteroatoms. The third kappa shape index (κ3) is 3.97. The molecule has 0 saturated carbocycles. The quantitative estimate of drug-likeness (QED) is 0.769. The van der Waals surface area contributed by atoms with Crippen LogP contribution in [0.2, 0.25) is 0 Å². The van der Waals surface area contributed by atoms with Gasteiger partial charge in [-0.25, -0.2) is 0 Å². The second-order valence-electron chi connectivity index (χ2n) is 5.01. The second-order valence-corrected chi connectivity index (χ2v) is 6.16. The van der Waals surface area contributed by atoms with Gasteiger partial charge in [-0.3, -0.25) is 0 Å². The molecule has 0 radical (unpaired) electrons. The standard InChI is InChI=1S/C12H24N2S/c1-10(14-12-5-7-15-9-12)8-11-4-2-3-6-13-11/h10-14H,2-9H2,1H3. The Kier molecular flexibility index (Phi) is 4.79. The van der Waals surface area contributed by atoms with Crippen LogP contribution in [0.4, 0.5) is 0 Å². The van der Waals surface area contributed by atoms with E-state index in [9.17, 15) is 0 Å². The topological polar surface area (TPSA) is 24.1 Å². The van der Waals surface area contributed by atoms with Crippen LogP contribution in [0.3, 0.4) is 0 Å². The first-order valence-electron chi connectivity index (χ1n) is 6.42. The number of piperidine rings is 1. The van der Waals surface area contributed by atoms with Crippen LogP contribution in [-0.2, 0) is 0 Å². The molecule has 0 bridgehead atoms. The summed E-state index contributed by atoms with van der Waals surface area (Å²) in [4.78, 5) is 0. The molecule has 2 aliphatic rings. The minimum Gasteiger partial charge on any atom is -0.314 e. The van der Waals surface area contributed by atoms with Crippen molar-refractivity contribution >= 4 is 11.8 Å². The van der Waals surface area contributed by atoms with E-state index in [1.165, 1.54) is 50.2 Å². The Hall–Kier alpha value is 0.270. The number of hydrogen-bond donors (Lipinski definition) is 2. The van der Waals surface area contributed by atoms with Crippen molar-refractivity contribution in [2.75, 3.05) is 18.1 Å². The monoisotopic (exact) mass is 228 g/mol. The Balaban J connectivity index is 1.64. The highest BCUT2D eigenvalue weighted by Gasteiger charge is 2.20. The summed E-state index contributed by atoms with van der Waals surface area (Å²) in [6, 6.07) is 2.24. The molecule has 2 nitrogen and oxygen atoms in total. The van der Waals surface area contributed by atoms with E-state index in [1.54, 1.807) is 0 Å². The molecule has 0 amide bonds. The van der Waals surface area contributed by atoms with E-state index < -0.39 is 0 Å². The molecule has 2 fully saturated rings. The molecule has 88 valence electrons. The maximum absolute atomic E-state index is 3.77. The molecular formula is C12H24N2S. The summed E-state index contributed by atoms with van der Waals surface area (Å²) in [6.45, 7) is 3.58. The van der Waals surface area contributed by atoms with E-state index in [0.717, 1.165) is 12.1 Å². The van der Waals surface area contributed by atoms with Crippen LogP contribution in [-0.4, -0.2) is 36.2 Å². The Morgan fingerprint density at radius 3 is 3.00 bits per heavy atom. The fourth-order valence-corrected chi connectivity index (χ4v) is 3.85. The molecule has 0 aromatic rings. The van der Waals surface area contributed by atoms with Crippen molar-refractivity contribution in [3.05, 3.63) is 0 Å². The van der Waals surface area contributed by atoms with Gasteiger partial charge in [0.2, 0.25) is 0 Å². The molecule has 2 aliphatic heterocycles. The minimum atomic E-state index is 0.685. The van der Waals surface area contributed by atoms with Crippen LogP contribution in [0.15, 0.2) is 0 Å². The van der Waals surface area contributed by atoms with Crippen LogP contribution in [0, 0.1) is 0 Å². The molecule has 2 saturated heterocycles. The lowest BCUT2D eigenvalue weighted by molar-refractivity contribution is 0.333. The number of nitrogens with one attached hydrogen (secondary N) is 2. The Morgan fingerprint density at radius 1 is 1.40 bits per heavy atom. The maximum atomic E-state index is 3.77. The van der Waals surface area contributed by atoms with E-state index >= 15 is 0 Å². The van der Waals surface area contributed by atoms with Gasteiger partial charge >= 0.3 is 0 Å². The average Bonchev–Trinajstić information content (AvgIpc) is 2.71. The van der Waals surface area contributed by atoms with Gasteiger partial charge in [0.1, 0.15) is 0 Å². The van der Waals surface area contributed by atoms with Crippen molar-refractivity contribution in [3.8, 4) is 0 Å². The third-order valence-electron chi connectivity index (χ3n) is 3.50. The van der Waals surface area contributed by atoms with Crippen molar-refractivity contribution in [1.29, 1.82) is 0 Å². The van der Waals surface area contributed by atoms with Crippen molar-refractivity contribution in [2.24, 2.45) is 0 Å². The summed E-state index contributed by atoms with van der Waals surface area (Å²) >= 11 is 2.09. The Labute approximate surface area is 98.0 Å². The number of rotatable bonds is 4. The van der Waals surface area contributed by atoms with Gasteiger partial charge in [0.05, 0.1) is 0 Å². The van der Waals surface area contributed by atoms with Gasteiger partial charge in [-0.1, -0.05) is 6.42 Å². The smallest absolute Gasteiger partial charge is 0.0168 e. The summed E-state index contributed by atoms with van der Waals surface area (Å²) in [5.41, 5.74) is 0. The molecule has 0 aromatic carbocycles. The van der Waals surface area contributed by atoms with Crippen LogP contribution in [0.5, 0.6) is 0 Å². The molecule has 0 spiro atoms. The first-order valence-corrected chi connectivity index (χ1v) is 7.57. The summed E-state index contributed by atoms with van der Waals surface area (Å²) in [5.74, 6) is 2.68.